The molecule has 1 heterocycles. The van der Waals surface area contributed by atoms with Crippen LogP contribution in [0.15, 0.2) is 0 Å². The first-order chi connectivity index (χ1) is 7.22. The van der Waals surface area contributed by atoms with E-state index in [0.29, 0.717) is 0 Å². The Balaban J connectivity index is 2.35. The lowest BCUT2D eigenvalue weighted by Crippen LogP contribution is -2.39. The molecule has 0 bridgehead atoms. The van der Waals surface area contributed by atoms with E-state index in [2.05, 4.69) is 24.1 Å². The Kier molecular flexibility index (Phi) is 5.58. The van der Waals surface area contributed by atoms with E-state index in [4.69, 9.17) is 5.11 Å². The van der Waals surface area contributed by atoms with Crippen LogP contribution in [0.5, 0.6) is 0 Å². The molecule has 0 aromatic heterocycles. The first-order valence-electron chi connectivity index (χ1n) is 6.26. The summed E-state index contributed by atoms with van der Waals surface area (Å²) >= 11 is 0. The average molecular weight is 214 g/mol. The summed E-state index contributed by atoms with van der Waals surface area (Å²) in [5.74, 6) is 0. The van der Waals surface area contributed by atoms with E-state index in [-0.39, 0.29) is 12.6 Å². The second-order valence-electron chi connectivity index (χ2n) is 4.68. The molecule has 0 aromatic rings. The molecule has 1 saturated heterocycles. The molecular formula is C12H26N2O. The predicted octanol–water partition coefficient (Wildman–Crippen LogP) is 1.22. The van der Waals surface area contributed by atoms with Crippen LogP contribution in [0.25, 0.3) is 0 Å². The van der Waals surface area contributed by atoms with Gasteiger partial charge in [-0.25, -0.2) is 0 Å². The van der Waals surface area contributed by atoms with Gasteiger partial charge in [-0.2, -0.15) is 0 Å². The SMILES string of the molecule is CCC1CCC(C)N1CCC(CO)NC. The highest BCUT2D eigenvalue weighted by atomic mass is 16.3. The predicted molar refractivity (Wildman–Crippen MR) is 64.0 cm³/mol. The number of aliphatic hydroxyl groups excluding tert-OH is 1. The molecule has 3 unspecified atom stereocenters. The number of likely N-dealkylation sites (tertiary alicyclic amines) is 1. The standard InChI is InChI=1S/C12H26N2O/c1-4-12-6-5-10(2)14(12)8-7-11(9-15)13-3/h10-13,15H,4-9H2,1-3H3. The summed E-state index contributed by atoms with van der Waals surface area (Å²) in [7, 11) is 1.92. The average Bonchev–Trinajstić information content (AvgIpc) is 2.61. The van der Waals surface area contributed by atoms with Crippen LogP contribution in [0.2, 0.25) is 0 Å². The maximum Gasteiger partial charge on any atom is 0.0585 e. The summed E-state index contributed by atoms with van der Waals surface area (Å²) in [6.07, 6.45) is 4.99. The maximum absolute atomic E-state index is 9.11. The minimum Gasteiger partial charge on any atom is -0.395 e. The molecule has 15 heavy (non-hydrogen) atoms. The molecule has 1 aliphatic rings. The van der Waals surface area contributed by atoms with Crippen molar-refractivity contribution in [3.8, 4) is 0 Å². The minimum absolute atomic E-state index is 0.246. The molecule has 0 radical (unpaired) electrons. The molecule has 0 aliphatic carbocycles. The summed E-state index contributed by atoms with van der Waals surface area (Å²) < 4.78 is 0. The zero-order chi connectivity index (χ0) is 11.3. The van der Waals surface area contributed by atoms with Crippen molar-refractivity contribution in [3.05, 3.63) is 0 Å². The molecule has 0 saturated carbocycles. The van der Waals surface area contributed by atoms with Crippen LogP contribution in [0.1, 0.15) is 39.5 Å². The Morgan fingerprint density at radius 2 is 2.20 bits per heavy atom. The Morgan fingerprint density at radius 1 is 1.47 bits per heavy atom. The van der Waals surface area contributed by atoms with Gasteiger partial charge < -0.3 is 10.4 Å². The van der Waals surface area contributed by atoms with Crippen LogP contribution in [0.3, 0.4) is 0 Å². The van der Waals surface area contributed by atoms with Crippen molar-refractivity contribution in [1.82, 2.24) is 10.2 Å². The fourth-order valence-electron chi connectivity index (χ4n) is 2.60. The van der Waals surface area contributed by atoms with Crippen LogP contribution >= 0.6 is 0 Å². The topological polar surface area (TPSA) is 35.5 Å². The highest BCUT2D eigenvalue weighted by Crippen LogP contribution is 2.25. The van der Waals surface area contributed by atoms with Crippen LogP contribution in [0, 0.1) is 0 Å². The van der Waals surface area contributed by atoms with Gasteiger partial charge in [0.1, 0.15) is 0 Å². The van der Waals surface area contributed by atoms with Crippen molar-refractivity contribution in [2.75, 3.05) is 20.2 Å². The van der Waals surface area contributed by atoms with Crippen LogP contribution in [-0.2, 0) is 0 Å². The third-order valence-corrected chi connectivity index (χ3v) is 3.79. The monoisotopic (exact) mass is 214 g/mol. The second-order valence-corrected chi connectivity index (χ2v) is 4.68. The molecule has 3 heteroatoms. The number of rotatable bonds is 6. The van der Waals surface area contributed by atoms with Crippen LogP contribution in [0.4, 0.5) is 0 Å². The lowest BCUT2D eigenvalue weighted by molar-refractivity contribution is 0.171. The Morgan fingerprint density at radius 3 is 2.73 bits per heavy atom. The highest BCUT2D eigenvalue weighted by Gasteiger charge is 2.28. The first-order valence-corrected chi connectivity index (χ1v) is 6.26. The van der Waals surface area contributed by atoms with Gasteiger partial charge in [-0.15, -0.1) is 0 Å². The van der Waals surface area contributed by atoms with E-state index in [0.717, 1.165) is 25.0 Å². The van der Waals surface area contributed by atoms with Crippen LogP contribution < -0.4 is 5.32 Å². The number of nitrogens with one attached hydrogen (secondary N) is 1. The molecular weight excluding hydrogens is 188 g/mol. The number of nitrogens with zero attached hydrogens (tertiary/aromatic N) is 1. The first kappa shape index (κ1) is 12.9. The van der Waals surface area contributed by atoms with E-state index in [1.165, 1.54) is 19.3 Å². The lowest BCUT2D eigenvalue weighted by atomic mass is 10.1. The molecule has 0 spiro atoms. The summed E-state index contributed by atoms with van der Waals surface area (Å²) in [4.78, 5) is 2.61. The van der Waals surface area contributed by atoms with E-state index >= 15 is 0 Å². The number of hydrogen-bond acceptors (Lipinski definition) is 3. The molecule has 0 amide bonds. The van der Waals surface area contributed by atoms with Crippen molar-refractivity contribution in [2.24, 2.45) is 0 Å². The summed E-state index contributed by atoms with van der Waals surface area (Å²) in [6.45, 7) is 5.96. The molecule has 1 aliphatic heterocycles. The van der Waals surface area contributed by atoms with Gasteiger partial charge in [0.05, 0.1) is 6.61 Å². The van der Waals surface area contributed by atoms with Crippen molar-refractivity contribution in [1.29, 1.82) is 0 Å². The third-order valence-electron chi connectivity index (χ3n) is 3.79. The van der Waals surface area contributed by atoms with E-state index in [1.807, 2.05) is 7.05 Å². The Bertz CT molecular complexity index is 171. The Labute approximate surface area is 93.9 Å². The van der Waals surface area contributed by atoms with Gasteiger partial charge in [0.15, 0.2) is 0 Å². The fraction of sp³-hybridized carbons (Fsp3) is 1.00. The molecule has 0 aromatic carbocycles. The van der Waals surface area contributed by atoms with Crippen molar-refractivity contribution >= 4 is 0 Å². The van der Waals surface area contributed by atoms with Crippen LogP contribution in [-0.4, -0.2) is 48.3 Å². The summed E-state index contributed by atoms with van der Waals surface area (Å²) in [6, 6.07) is 1.76. The Hall–Kier alpha value is -0.120. The van der Waals surface area contributed by atoms with Crippen molar-refractivity contribution in [2.45, 2.75) is 57.7 Å². The number of likely N-dealkylation sites (N-methyl/N-ethyl adjacent to an activating group) is 1. The van der Waals surface area contributed by atoms with E-state index in [9.17, 15) is 0 Å². The largest absolute Gasteiger partial charge is 0.395 e. The van der Waals surface area contributed by atoms with Gasteiger partial charge >= 0.3 is 0 Å². The molecule has 1 rings (SSSR count). The molecule has 3 nitrogen and oxygen atoms in total. The summed E-state index contributed by atoms with van der Waals surface area (Å²) in [5.41, 5.74) is 0. The smallest absolute Gasteiger partial charge is 0.0585 e. The van der Waals surface area contributed by atoms with E-state index < -0.39 is 0 Å². The second kappa shape index (κ2) is 6.46. The van der Waals surface area contributed by atoms with Gasteiger partial charge in [0.2, 0.25) is 0 Å². The van der Waals surface area contributed by atoms with Gasteiger partial charge in [0.25, 0.3) is 0 Å². The maximum atomic E-state index is 9.11. The molecule has 3 atom stereocenters. The minimum atomic E-state index is 0.246. The molecule has 90 valence electrons. The van der Waals surface area contributed by atoms with Gasteiger partial charge in [-0.1, -0.05) is 6.92 Å². The van der Waals surface area contributed by atoms with Crippen molar-refractivity contribution < 1.29 is 5.11 Å². The fourth-order valence-corrected chi connectivity index (χ4v) is 2.60. The normalized spacial score (nSPS) is 29.6. The van der Waals surface area contributed by atoms with Crippen molar-refractivity contribution in [3.63, 3.8) is 0 Å². The van der Waals surface area contributed by atoms with Gasteiger partial charge in [-0.05, 0) is 39.7 Å². The van der Waals surface area contributed by atoms with Gasteiger partial charge in [-0.3, -0.25) is 4.90 Å². The highest BCUT2D eigenvalue weighted by molar-refractivity contribution is 4.85. The molecule has 1 fully saturated rings. The quantitative estimate of drug-likeness (QED) is 0.698. The van der Waals surface area contributed by atoms with E-state index in [1.54, 1.807) is 0 Å². The zero-order valence-corrected chi connectivity index (χ0v) is 10.4. The summed E-state index contributed by atoms with van der Waals surface area (Å²) in [5, 5.41) is 12.3. The number of hydrogen-bond donors (Lipinski definition) is 2. The number of aliphatic hydroxyl groups is 1. The lowest BCUT2D eigenvalue weighted by Gasteiger charge is -2.29. The molecule has 2 N–H and O–H groups in total. The third kappa shape index (κ3) is 3.44. The van der Waals surface area contributed by atoms with Gasteiger partial charge in [0, 0.05) is 24.7 Å². The zero-order valence-electron chi connectivity index (χ0n) is 10.4.